The molecule has 0 radical (unpaired) electrons. The quantitative estimate of drug-likeness (QED) is 0.460. The fraction of sp³-hybridized carbons (Fsp3) is 1.00. The lowest BCUT2D eigenvalue weighted by molar-refractivity contribution is 0.179. The Kier molecular flexibility index (Phi) is 0.762. The average molecular weight is 112 g/mol. The third kappa shape index (κ3) is 0.455. The average Bonchev–Trinajstić information content (AvgIpc) is 2.39. The van der Waals surface area contributed by atoms with Gasteiger partial charge in [0.05, 0.1) is 6.61 Å². The SMILES string of the molecule is C[C@@H]1COCC12CC2. The van der Waals surface area contributed by atoms with E-state index in [-0.39, 0.29) is 0 Å². The molecule has 1 atom stereocenters. The van der Waals surface area contributed by atoms with Gasteiger partial charge in [-0.15, -0.1) is 0 Å². The molecule has 8 heavy (non-hydrogen) atoms. The van der Waals surface area contributed by atoms with Gasteiger partial charge in [0.15, 0.2) is 0 Å². The maximum Gasteiger partial charge on any atom is 0.0525 e. The van der Waals surface area contributed by atoms with Crippen LogP contribution in [0.4, 0.5) is 0 Å². The van der Waals surface area contributed by atoms with E-state index in [1.165, 1.54) is 12.8 Å². The van der Waals surface area contributed by atoms with Crippen molar-refractivity contribution in [2.24, 2.45) is 11.3 Å². The zero-order chi connectivity index (χ0) is 5.61. The van der Waals surface area contributed by atoms with Crippen LogP contribution >= 0.6 is 0 Å². The van der Waals surface area contributed by atoms with Crippen LogP contribution in [0.5, 0.6) is 0 Å². The lowest BCUT2D eigenvalue weighted by atomic mass is 9.95. The molecule has 0 aromatic heterocycles. The molecule has 2 rings (SSSR count). The van der Waals surface area contributed by atoms with Crippen LogP contribution in [-0.4, -0.2) is 13.2 Å². The number of hydrogen-bond acceptors (Lipinski definition) is 1. The molecule has 0 aromatic carbocycles. The molecule has 2 aliphatic rings. The summed E-state index contributed by atoms with van der Waals surface area (Å²) in [6.45, 7) is 4.37. The number of ether oxygens (including phenoxy) is 1. The zero-order valence-corrected chi connectivity index (χ0v) is 5.31. The van der Waals surface area contributed by atoms with Crippen molar-refractivity contribution in [2.45, 2.75) is 19.8 Å². The van der Waals surface area contributed by atoms with Crippen LogP contribution in [0.2, 0.25) is 0 Å². The highest BCUT2D eigenvalue weighted by atomic mass is 16.5. The number of rotatable bonds is 0. The first-order chi connectivity index (χ1) is 3.83. The summed E-state index contributed by atoms with van der Waals surface area (Å²) in [6, 6.07) is 0. The Morgan fingerprint density at radius 2 is 2.25 bits per heavy atom. The monoisotopic (exact) mass is 112 g/mol. The summed E-state index contributed by atoms with van der Waals surface area (Å²) in [5.74, 6) is 0.850. The van der Waals surface area contributed by atoms with Gasteiger partial charge in [-0.1, -0.05) is 6.92 Å². The predicted molar refractivity (Wildman–Crippen MR) is 31.6 cm³/mol. The van der Waals surface area contributed by atoms with Crippen LogP contribution in [0.1, 0.15) is 19.8 Å². The third-order valence-corrected chi connectivity index (χ3v) is 2.69. The molecule has 1 saturated carbocycles. The van der Waals surface area contributed by atoms with Crippen LogP contribution in [0.3, 0.4) is 0 Å². The third-order valence-electron chi connectivity index (χ3n) is 2.69. The molecule has 2 fully saturated rings. The molecule has 46 valence electrons. The number of hydrogen-bond donors (Lipinski definition) is 0. The topological polar surface area (TPSA) is 9.23 Å². The van der Waals surface area contributed by atoms with Gasteiger partial charge in [-0.3, -0.25) is 0 Å². The van der Waals surface area contributed by atoms with Gasteiger partial charge >= 0.3 is 0 Å². The van der Waals surface area contributed by atoms with Crippen LogP contribution in [0, 0.1) is 11.3 Å². The first-order valence-electron chi connectivity index (χ1n) is 3.41. The maximum absolute atomic E-state index is 5.33. The van der Waals surface area contributed by atoms with Crippen molar-refractivity contribution < 1.29 is 4.74 Å². The van der Waals surface area contributed by atoms with Crippen molar-refractivity contribution in [1.82, 2.24) is 0 Å². The summed E-state index contributed by atoms with van der Waals surface area (Å²) in [7, 11) is 0. The molecular weight excluding hydrogens is 100 g/mol. The van der Waals surface area contributed by atoms with Gasteiger partial charge < -0.3 is 4.74 Å². The maximum atomic E-state index is 5.33. The summed E-state index contributed by atoms with van der Waals surface area (Å²) in [5, 5.41) is 0. The smallest absolute Gasteiger partial charge is 0.0525 e. The molecule has 1 spiro atoms. The Hall–Kier alpha value is -0.0400. The molecule has 0 N–H and O–H groups in total. The first kappa shape index (κ1) is 4.80. The molecule has 1 nitrogen and oxygen atoms in total. The molecule has 0 bridgehead atoms. The molecule has 1 heteroatoms. The van der Waals surface area contributed by atoms with E-state index in [0.717, 1.165) is 19.1 Å². The van der Waals surface area contributed by atoms with E-state index in [1.54, 1.807) is 0 Å². The summed E-state index contributed by atoms with van der Waals surface area (Å²) in [6.07, 6.45) is 2.85. The Bertz CT molecular complexity index is 105. The highest BCUT2D eigenvalue weighted by molar-refractivity contribution is 4.99. The predicted octanol–water partition coefficient (Wildman–Crippen LogP) is 1.43. The summed E-state index contributed by atoms with van der Waals surface area (Å²) >= 11 is 0. The van der Waals surface area contributed by atoms with Crippen LogP contribution in [0.25, 0.3) is 0 Å². The fourth-order valence-electron chi connectivity index (χ4n) is 1.56. The Morgan fingerprint density at radius 3 is 2.50 bits per heavy atom. The molecular formula is C7H12O. The van der Waals surface area contributed by atoms with E-state index in [9.17, 15) is 0 Å². The van der Waals surface area contributed by atoms with Gasteiger partial charge in [0.2, 0.25) is 0 Å². The molecule has 1 heterocycles. The van der Waals surface area contributed by atoms with E-state index in [0.29, 0.717) is 5.41 Å². The van der Waals surface area contributed by atoms with E-state index >= 15 is 0 Å². The second kappa shape index (κ2) is 1.27. The normalized spacial score (nSPS) is 40.9. The van der Waals surface area contributed by atoms with E-state index in [1.807, 2.05) is 0 Å². The first-order valence-corrected chi connectivity index (χ1v) is 3.41. The van der Waals surface area contributed by atoms with Crippen molar-refractivity contribution in [2.75, 3.05) is 13.2 Å². The van der Waals surface area contributed by atoms with Gasteiger partial charge in [-0.05, 0) is 24.2 Å². The highest BCUT2D eigenvalue weighted by Crippen LogP contribution is 2.55. The minimum atomic E-state index is 0.681. The largest absolute Gasteiger partial charge is 0.381 e. The van der Waals surface area contributed by atoms with Crippen molar-refractivity contribution >= 4 is 0 Å². The standard InChI is InChI=1S/C7H12O/c1-6-4-8-5-7(6)2-3-7/h6H,2-5H2,1H3/t6-/m1/s1. The second-order valence-corrected chi connectivity index (χ2v) is 3.28. The summed E-state index contributed by atoms with van der Waals surface area (Å²) in [5.41, 5.74) is 0.681. The van der Waals surface area contributed by atoms with E-state index in [2.05, 4.69) is 6.92 Å². The second-order valence-electron chi connectivity index (χ2n) is 3.28. The molecule has 0 amide bonds. The van der Waals surface area contributed by atoms with Gasteiger partial charge in [0.1, 0.15) is 0 Å². The Labute approximate surface area is 50.0 Å². The summed E-state index contributed by atoms with van der Waals surface area (Å²) < 4.78 is 5.33. The van der Waals surface area contributed by atoms with Crippen LogP contribution in [-0.2, 0) is 4.74 Å². The van der Waals surface area contributed by atoms with Crippen molar-refractivity contribution in [3.63, 3.8) is 0 Å². The van der Waals surface area contributed by atoms with Crippen molar-refractivity contribution in [1.29, 1.82) is 0 Å². The van der Waals surface area contributed by atoms with Crippen molar-refractivity contribution in [3.8, 4) is 0 Å². The van der Waals surface area contributed by atoms with E-state index < -0.39 is 0 Å². The van der Waals surface area contributed by atoms with E-state index in [4.69, 9.17) is 4.74 Å². The molecule has 1 aliphatic carbocycles. The van der Waals surface area contributed by atoms with Gasteiger partial charge in [0, 0.05) is 6.61 Å². The zero-order valence-electron chi connectivity index (χ0n) is 5.31. The Morgan fingerprint density at radius 1 is 1.50 bits per heavy atom. The van der Waals surface area contributed by atoms with Gasteiger partial charge in [-0.25, -0.2) is 0 Å². The molecule has 0 aromatic rings. The lowest BCUT2D eigenvalue weighted by Gasteiger charge is -2.06. The minimum absolute atomic E-state index is 0.681. The van der Waals surface area contributed by atoms with Crippen LogP contribution < -0.4 is 0 Å². The molecule has 0 unspecified atom stereocenters. The van der Waals surface area contributed by atoms with Gasteiger partial charge in [0.25, 0.3) is 0 Å². The fourth-order valence-corrected chi connectivity index (χ4v) is 1.56. The molecule has 1 aliphatic heterocycles. The Balaban J connectivity index is 2.12. The minimum Gasteiger partial charge on any atom is -0.381 e. The lowest BCUT2D eigenvalue weighted by Crippen LogP contribution is -2.07. The molecule has 1 saturated heterocycles. The summed E-state index contributed by atoms with van der Waals surface area (Å²) in [4.78, 5) is 0. The highest BCUT2D eigenvalue weighted by Gasteiger charge is 2.50. The van der Waals surface area contributed by atoms with Gasteiger partial charge in [-0.2, -0.15) is 0 Å². The van der Waals surface area contributed by atoms with Crippen molar-refractivity contribution in [3.05, 3.63) is 0 Å². The van der Waals surface area contributed by atoms with Crippen LogP contribution in [0.15, 0.2) is 0 Å².